The molecule has 0 bridgehead atoms. The van der Waals surface area contributed by atoms with Gasteiger partial charge in [-0.05, 0) is 37.1 Å². The smallest absolute Gasteiger partial charge is 0.0695 e. The van der Waals surface area contributed by atoms with Crippen molar-refractivity contribution in [2.75, 3.05) is 6.54 Å². The van der Waals surface area contributed by atoms with Gasteiger partial charge in [0.05, 0.1) is 6.10 Å². The maximum Gasteiger partial charge on any atom is 0.0695 e. The van der Waals surface area contributed by atoms with Gasteiger partial charge in [0.25, 0.3) is 0 Å². The van der Waals surface area contributed by atoms with Gasteiger partial charge in [-0.2, -0.15) is 0 Å². The van der Waals surface area contributed by atoms with Crippen LogP contribution in [0.3, 0.4) is 0 Å². The molecule has 1 N–H and O–H groups in total. The third kappa shape index (κ3) is 4.39. The van der Waals surface area contributed by atoms with Gasteiger partial charge in [0.2, 0.25) is 0 Å². The van der Waals surface area contributed by atoms with Crippen LogP contribution < -0.4 is 0 Å². The minimum atomic E-state index is -0.221. The van der Waals surface area contributed by atoms with Crippen LogP contribution in [0.2, 0.25) is 0 Å². The zero-order valence-corrected chi connectivity index (χ0v) is 11.8. The average Bonchev–Trinajstić information content (AvgIpc) is 2.40. The number of aliphatic hydroxyl groups excluding tert-OH is 1. The Bertz CT molecular complexity index is 316. The molecule has 1 aromatic heterocycles. The van der Waals surface area contributed by atoms with E-state index in [1.807, 2.05) is 24.5 Å². The Morgan fingerprint density at radius 1 is 1.22 bits per heavy atom. The molecule has 1 rings (SSSR count). The molecule has 3 nitrogen and oxygen atoms in total. The Kier molecular flexibility index (Phi) is 6.91. The van der Waals surface area contributed by atoms with E-state index in [2.05, 4.69) is 30.7 Å². The highest BCUT2D eigenvalue weighted by molar-refractivity contribution is 5.09. The molecule has 0 aromatic carbocycles. The average molecular weight is 250 g/mol. The Morgan fingerprint density at radius 2 is 1.89 bits per heavy atom. The Labute approximate surface area is 111 Å². The molecule has 0 aliphatic carbocycles. The van der Waals surface area contributed by atoms with Gasteiger partial charge in [0.15, 0.2) is 0 Å². The van der Waals surface area contributed by atoms with Crippen LogP contribution in [0.25, 0.3) is 0 Å². The van der Waals surface area contributed by atoms with Crippen molar-refractivity contribution in [2.45, 2.75) is 58.7 Å². The van der Waals surface area contributed by atoms with Crippen molar-refractivity contribution in [2.24, 2.45) is 0 Å². The van der Waals surface area contributed by atoms with Crippen LogP contribution in [0.5, 0.6) is 0 Å². The summed E-state index contributed by atoms with van der Waals surface area (Å²) in [7, 11) is 0. The van der Waals surface area contributed by atoms with Crippen LogP contribution in [-0.2, 0) is 6.54 Å². The fourth-order valence-corrected chi connectivity index (χ4v) is 2.45. The number of aromatic nitrogens is 1. The van der Waals surface area contributed by atoms with Crippen molar-refractivity contribution in [3.63, 3.8) is 0 Å². The fraction of sp³-hybridized carbons (Fsp3) is 0.667. The van der Waals surface area contributed by atoms with Crippen LogP contribution in [0.4, 0.5) is 0 Å². The van der Waals surface area contributed by atoms with Gasteiger partial charge in [-0.15, -0.1) is 0 Å². The summed E-state index contributed by atoms with van der Waals surface area (Å²) in [5, 5.41) is 10.2. The summed E-state index contributed by atoms with van der Waals surface area (Å²) in [5.41, 5.74) is 1.26. The van der Waals surface area contributed by atoms with E-state index in [9.17, 15) is 5.11 Å². The summed E-state index contributed by atoms with van der Waals surface area (Å²) in [5.74, 6) is 0. The molecule has 18 heavy (non-hydrogen) atoms. The van der Waals surface area contributed by atoms with Gasteiger partial charge >= 0.3 is 0 Å². The zero-order chi connectivity index (χ0) is 13.4. The van der Waals surface area contributed by atoms with Crippen LogP contribution in [-0.4, -0.2) is 33.7 Å². The lowest BCUT2D eigenvalue weighted by atomic mass is 10.0. The third-order valence-electron chi connectivity index (χ3n) is 3.46. The first kappa shape index (κ1) is 15.1. The second-order valence-corrected chi connectivity index (χ2v) is 4.75. The molecule has 1 aromatic rings. The topological polar surface area (TPSA) is 36.4 Å². The summed E-state index contributed by atoms with van der Waals surface area (Å²) in [6.07, 6.45) is 6.33. The van der Waals surface area contributed by atoms with Crippen LogP contribution in [0.1, 0.15) is 45.6 Å². The monoisotopic (exact) mass is 250 g/mol. The summed E-state index contributed by atoms with van der Waals surface area (Å²) < 4.78 is 0. The van der Waals surface area contributed by atoms with Gasteiger partial charge in [-0.3, -0.25) is 9.88 Å². The molecule has 2 atom stereocenters. The molecule has 0 amide bonds. The van der Waals surface area contributed by atoms with E-state index in [0.717, 1.165) is 32.4 Å². The van der Waals surface area contributed by atoms with Crippen molar-refractivity contribution >= 4 is 0 Å². The quantitative estimate of drug-likeness (QED) is 0.770. The molecule has 1 heterocycles. The van der Waals surface area contributed by atoms with Gasteiger partial charge in [0, 0.05) is 25.0 Å². The summed E-state index contributed by atoms with van der Waals surface area (Å²) in [6, 6.07) is 4.34. The molecule has 0 radical (unpaired) electrons. The fourth-order valence-electron chi connectivity index (χ4n) is 2.45. The highest BCUT2D eigenvalue weighted by Gasteiger charge is 2.22. The van der Waals surface area contributed by atoms with E-state index in [1.54, 1.807) is 0 Å². The van der Waals surface area contributed by atoms with E-state index in [4.69, 9.17) is 0 Å². The lowest BCUT2D eigenvalue weighted by Gasteiger charge is -2.33. The number of aliphatic hydroxyl groups is 1. The van der Waals surface area contributed by atoms with Gasteiger partial charge in [-0.1, -0.05) is 27.2 Å². The Hall–Kier alpha value is -0.930. The maximum atomic E-state index is 10.2. The number of rotatable bonds is 8. The molecule has 0 aliphatic heterocycles. The highest BCUT2D eigenvalue weighted by Crippen LogP contribution is 2.16. The second-order valence-electron chi connectivity index (χ2n) is 4.75. The first-order valence-corrected chi connectivity index (χ1v) is 7.03. The Balaban J connectivity index is 2.68. The molecular weight excluding hydrogens is 224 g/mol. The molecule has 2 unspecified atom stereocenters. The minimum Gasteiger partial charge on any atom is -0.391 e. The largest absolute Gasteiger partial charge is 0.391 e. The minimum absolute atomic E-state index is 0.221. The highest BCUT2D eigenvalue weighted by atomic mass is 16.3. The number of nitrogens with zero attached hydrogens (tertiary/aromatic N) is 2. The number of hydrogen-bond acceptors (Lipinski definition) is 3. The van der Waals surface area contributed by atoms with E-state index in [1.165, 1.54) is 5.56 Å². The lowest BCUT2D eigenvalue weighted by Crippen LogP contribution is -2.42. The second kappa shape index (κ2) is 8.22. The summed E-state index contributed by atoms with van der Waals surface area (Å²) in [6.45, 7) is 8.27. The summed E-state index contributed by atoms with van der Waals surface area (Å²) >= 11 is 0. The molecular formula is C15H26N2O. The van der Waals surface area contributed by atoms with E-state index >= 15 is 0 Å². The van der Waals surface area contributed by atoms with Crippen molar-refractivity contribution < 1.29 is 5.11 Å². The molecule has 0 saturated heterocycles. The standard InChI is InChI=1S/C15H26N2O/c1-4-7-15(18)14(5-2)17(6-3)12-13-8-10-16-11-9-13/h8-11,14-15,18H,4-7,12H2,1-3H3. The predicted octanol–water partition coefficient (Wildman–Crippen LogP) is 2.84. The van der Waals surface area contributed by atoms with Crippen LogP contribution >= 0.6 is 0 Å². The molecule has 0 fully saturated rings. The first-order valence-electron chi connectivity index (χ1n) is 7.03. The van der Waals surface area contributed by atoms with E-state index in [0.29, 0.717) is 0 Å². The molecule has 0 aliphatic rings. The number of pyridine rings is 1. The SMILES string of the molecule is CCCC(O)C(CC)N(CC)Cc1ccncc1. The molecule has 0 saturated carbocycles. The van der Waals surface area contributed by atoms with E-state index < -0.39 is 0 Å². The number of hydrogen-bond donors (Lipinski definition) is 1. The number of likely N-dealkylation sites (N-methyl/N-ethyl adjacent to an activating group) is 1. The van der Waals surface area contributed by atoms with Gasteiger partial charge < -0.3 is 5.11 Å². The van der Waals surface area contributed by atoms with Crippen molar-refractivity contribution in [1.82, 2.24) is 9.88 Å². The predicted molar refractivity (Wildman–Crippen MR) is 75.3 cm³/mol. The van der Waals surface area contributed by atoms with Crippen molar-refractivity contribution in [3.05, 3.63) is 30.1 Å². The molecule has 102 valence electrons. The molecule has 3 heteroatoms. The van der Waals surface area contributed by atoms with Crippen molar-refractivity contribution in [1.29, 1.82) is 0 Å². The first-order chi connectivity index (χ1) is 8.72. The van der Waals surface area contributed by atoms with Crippen LogP contribution in [0, 0.1) is 0 Å². The zero-order valence-electron chi connectivity index (χ0n) is 11.8. The Morgan fingerprint density at radius 3 is 2.39 bits per heavy atom. The third-order valence-corrected chi connectivity index (χ3v) is 3.46. The van der Waals surface area contributed by atoms with Crippen LogP contribution in [0.15, 0.2) is 24.5 Å². The maximum absolute atomic E-state index is 10.2. The molecule has 0 spiro atoms. The summed E-state index contributed by atoms with van der Waals surface area (Å²) in [4.78, 5) is 6.40. The normalized spacial score (nSPS) is 14.7. The van der Waals surface area contributed by atoms with E-state index in [-0.39, 0.29) is 12.1 Å². The van der Waals surface area contributed by atoms with Crippen molar-refractivity contribution in [3.8, 4) is 0 Å². The van der Waals surface area contributed by atoms with Gasteiger partial charge in [-0.25, -0.2) is 0 Å². The van der Waals surface area contributed by atoms with Gasteiger partial charge in [0.1, 0.15) is 0 Å². The lowest BCUT2D eigenvalue weighted by molar-refractivity contribution is 0.0390.